The maximum atomic E-state index is 9.44. The van der Waals surface area contributed by atoms with Gasteiger partial charge in [0.2, 0.25) is 0 Å². The number of hydrogen-bond acceptors (Lipinski definition) is 6. The Morgan fingerprint density at radius 1 is 0.846 bits per heavy atom. The molecule has 0 aliphatic rings. The molecule has 9 heteroatoms. The van der Waals surface area contributed by atoms with E-state index in [2.05, 4.69) is 0 Å². The summed E-state index contributed by atoms with van der Waals surface area (Å²) >= 11 is 0. The summed E-state index contributed by atoms with van der Waals surface area (Å²) in [4.78, 5) is 0. The van der Waals surface area contributed by atoms with E-state index in [-0.39, 0.29) is 28.0 Å². The average Bonchev–Trinajstić information content (AvgIpc) is 1.86. The zero-order valence-electron chi connectivity index (χ0n) is 7.00. The summed E-state index contributed by atoms with van der Waals surface area (Å²) in [6, 6.07) is 0. The minimum absolute atomic E-state index is 0. The first-order chi connectivity index (χ1) is 5.12. The van der Waals surface area contributed by atoms with E-state index in [1.807, 2.05) is 0 Å². The third kappa shape index (κ3) is 32.9. The molecule has 0 amide bonds. The molecule has 0 aliphatic heterocycles. The first kappa shape index (κ1) is 19.0. The molecule has 6 nitrogen and oxygen atoms in total. The van der Waals surface area contributed by atoms with Crippen LogP contribution in [-0.2, 0) is 36.7 Å². The molecule has 0 radical (unpaired) electrons. The molecule has 0 fully saturated rings. The molecule has 0 N–H and O–H groups in total. The van der Waals surface area contributed by atoms with Crippen molar-refractivity contribution in [3.8, 4) is 0 Å². The zero-order valence-corrected chi connectivity index (χ0v) is 9.62. The van der Waals surface area contributed by atoms with Crippen LogP contribution in [-0.4, -0.2) is 37.4 Å². The number of hydrogen-bond donors (Lipinski definition) is 0. The summed E-state index contributed by atoms with van der Waals surface area (Å²) in [7, 11) is -7.82. The van der Waals surface area contributed by atoms with Gasteiger partial charge in [0.05, 0.1) is 20.2 Å². The fraction of sp³-hybridized carbons (Fsp3) is 1.00. The van der Waals surface area contributed by atoms with Gasteiger partial charge in [0, 0.05) is 11.5 Å². The van der Waals surface area contributed by atoms with E-state index in [1.165, 1.54) is 13.8 Å². The summed E-state index contributed by atoms with van der Waals surface area (Å²) in [6.45, 7) is 2.62. The van der Waals surface area contributed by atoms with E-state index in [4.69, 9.17) is 0 Å². The van der Waals surface area contributed by atoms with E-state index >= 15 is 0 Å². The molecule has 0 spiro atoms. The predicted octanol–water partition coefficient (Wildman–Crippen LogP) is -0.899. The van der Waals surface area contributed by atoms with E-state index < -0.39 is 20.2 Å². The minimum Gasteiger partial charge on any atom is -0.748 e. The van der Waals surface area contributed by atoms with Crippen molar-refractivity contribution in [3.05, 3.63) is 0 Å². The van der Waals surface area contributed by atoms with Crippen LogP contribution in [0, 0.1) is 0 Å². The normalized spacial score (nSPS) is 10.8. The molecule has 0 aliphatic carbocycles. The summed E-state index contributed by atoms with van der Waals surface area (Å²) in [5, 5.41) is 0. The van der Waals surface area contributed by atoms with Gasteiger partial charge in [0.1, 0.15) is 0 Å². The zero-order chi connectivity index (χ0) is 10.4. The molecular weight excluding hydrogens is 267 g/mol. The van der Waals surface area contributed by atoms with Crippen molar-refractivity contribution in [3.63, 3.8) is 0 Å². The molecule has 0 aromatic heterocycles. The molecule has 84 valence electrons. The molecule has 0 saturated carbocycles. The Bertz CT molecular complexity index is 259. The van der Waals surface area contributed by atoms with E-state index in [0.29, 0.717) is 0 Å². The average molecular weight is 277 g/mol. The molecular formula is C4H10NiO6S2. The van der Waals surface area contributed by atoms with Gasteiger partial charge in [0.25, 0.3) is 0 Å². The first-order valence-corrected chi connectivity index (χ1v) is 6.15. The van der Waals surface area contributed by atoms with Crippen molar-refractivity contribution in [1.82, 2.24) is 0 Å². The van der Waals surface area contributed by atoms with Crippen molar-refractivity contribution < 1.29 is 42.4 Å². The van der Waals surface area contributed by atoms with Crippen LogP contribution in [0.15, 0.2) is 0 Å². The summed E-state index contributed by atoms with van der Waals surface area (Å²) in [6.07, 6.45) is 0. The molecule has 0 unspecified atom stereocenters. The fourth-order valence-corrected chi connectivity index (χ4v) is 0. The molecule has 0 bridgehead atoms. The van der Waals surface area contributed by atoms with Crippen molar-refractivity contribution in [2.45, 2.75) is 13.8 Å². The SMILES string of the molecule is CCS(=O)(=O)[O-].CCS(=O)(=O)[O-].[Ni+2]. The van der Waals surface area contributed by atoms with Gasteiger partial charge >= 0.3 is 16.5 Å². The standard InChI is InChI=1S/2C2H6O3S.Ni/c2*1-2-6(3,4)5;/h2*2H2,1H3,(H,3,4,5);/q;;+2/p-2. The van der Waals surface area contributed by atoms with Crippen LogP contribution in [0.2, 0.25) is 0 Å². The molecule has 0 rings (SSSR count). The summed E-state index contributed by atoms with van der Waals surface area (Å²) in [5.74, 6) is -0.625. The van der Waals surface area contributed by atoms with Crippen LogP contribution in [0.1, 0.15) is 13.8 Å². The van der Waals surface area contributed by atoms with Crippen molar-refractivity contribution in [2.24, 2.45) is 0 Å². The van der Waals surface area contributed by atoms with E-state index in [1.54, 1.807) is 0 Å². The van der Waals surface area contributed by atoms with Crippen molar-refractivity contribution in [2.75, 3.05) is 11.5 Å². The Morgan fingerprint density at radius 2 is 0.923 bits per heavy atom. The van der Waals surface area contributed by atoms with Crippen LogP contribution in [0.4, 0.5) is 0 Å². The minimum atomic E-state index is -3.91. The summed E-state index contributed by atoms with van der Waals surface area (Å²) < 4.78 is 56.7. The van der Waals surface area contributed by atoms with Crippen LogP contribution < -0.4 is 0 Å². The summed E-state index contributed by atoms with van der Waals surface area (Å²) in [5.41, 5.74) is 0. The first-order valence-electron chi connectivity index (χ1n) is 2.99. The molecule has 0 aromatic rings. The van der Waals surface area contributed by atoms with Gasteiger partial charge in [-0.3, -0.25) is 0 Å². The van der Waals surface area contributed by atoms with Gasteiger partial charge in [-0.05, 0) is 0 Å². The quantitative estimate of drug-likeness (QED) is 0.477. The van der Waals surface area contributed by atoms with Crippen LogP contribution in [0.5, 0.6) is 0 Å². The third-order valence-electron chi connectivity index (χ3n) is 0.707. The fourth-order valence-electron chi connectivity index (χ4n) is 0. The largest absolute Gasteiger partial charge is 2.00 e. The monoisotopic (exact) mass is 276 g/mol. The molecule has 0 heterocycles. The van der Waals surface area contributed by atoms with Gasteiger partial charge < -0.3 is 9.11 Å². The molecule has 13 heavy (non-hydrogen) atoms. The van der Waals surface area contributed by atoms with Crippen LogP contribution >= 0.6 is 0 Å². The number of rotatable bonds is 2. The van der Waals surface area contributed by atoms with Gasteiger partial charge in [-0.2, -0.15) is 0 Å². The maximum absolute atomic E-state index is 9.44. The van der Waals surface area contributed by atoms with Gasteiger partial charge in [-0.15, -0.1) is 0 Å². The van der Waals surface area contributed by atoms with Crippen molar-refractivity contribution >= 4 is 20.2 Å². The topological polar surface area (TPSA) is 114 Å². The molecule has 0 saturated heterocycles. The Labute approximate surface area is 88.1 Å². The van der Waals surface area contributed by atoms with E-state index in [0.717, 1.165) is 0 Å². The predicted molar refractivity (Wildman–Crippen MR) is 40.5 cm³/mol. The Kier molecular flexibility index (Phi) is 11.2. The van der Waals surface area contributed by atoms with Gasteiger partial charge in [-0.25, -0.2) is 16.8 Å². The van der Waals surface area contributed by atoms with Crippen LogP contribution in [0.3, 0.4) is 0 Å². The maximum Gasteiger partial charge on any atom is 2.00 e. The van der Waals surface area contributed by atoms with Crippen molar-refractivity contribution in [1.29, 1.82) is 0 Å². The second-order valence-corrected chi connectivity index (χ2v) is 5.08. The molecule has 0 atom stereocenters. The third-order valence-corrected chi connectivity index (χ3v) is 2.12. The van der Waals surface area contributed by atoms with E-state index in [9.17, 15) is 25.9 Å². The van der Waals surface area contributed by atoms with Gasteiger partial charge in [-0.1, -0.05) is 13.8 Å². The van der Waals surface area contributed by atoms with Gasteiger partial charge in [0.15, 0.2) is 0 Å². The second-order valence-electron chi connectivity index (χ2n) is 1.69. The Hall–Kier alpha value is 0.314. The Morgan fingerprint density at radius 3 is 0.923 bits per heavy atom. The molecule has 0 aromatic carbocycles. The van der Waals surface area contributed by atoms with Crippen LogP contribution in [0.25, 0.3) is 0 Å². The second kappa shape index (κ2) is 7.69. The smallest absolute Gasteiger partial charge is 0.748 e. The Balaban J connectivity index is -0.000000143.